The van der Waals surface area contributed by atoms with Crippen LogP contribution in [0.5, 0.6) is 5.75 Å². The highest BCUT2D eigenvalue weighted by Crippen LogP contribution is 2.35. The van der Waals surface area contributed by atoms with Crippen LogP contribution in [0, 0.1) is 0 Å². The third kappa shape index (κ3) is 4.08. The van der Waals surface area contributed by atoms with Crippen molar-refractivity contribution in [2.45, 2.75) is 36.8 Å². The number of para-hydroxylation sites is 1. The SMILES string of the molecule is CCOc1ccccc1S(=O)(=O)N1CCC(c2nnc(C(F)(F)F)o2)CC1. The molecule has 1 fully saturated rings. The summed E-state index contributed by atoms with van der Waals surface area (Å²) in [6, 6.07) is 6.35. The quantitative estimate of drug-likeness (QED) is 0.760. The van der Waals surface area contributed by atoms with Crippen LogP contribution in [0.4, 0.5) is 13.2 Å². The van der Waals surface area contributed by atoms with Gasteiger partial charge in [0.15, 0.2) is 0 Å². The summed E-state index contributed by atoms with van der Waals surface area (Å²) in [4.78, 5) is 0.0717. The molecular formula is C16H18F3N3O4S. The van der Waals surface area contributed by atoms with Gasteiger partial charge < -0.3 is 9.15 Å². The first-order valence-electron chi connectivity index (χ1n) is 8.36. The fourth-order valence-electron chi connectivity index (χ4n) is 2.93. The molecular weight excluding hydrogens is 387 g/mol. The summed E-state index contributed by atoms with van der Waals surface area (Å²) in [6.45, 7) is 2.36. The van der Waals surface area contributed by atoms with Crippen LogP contribution in [-0.4, -0.2) is 42.6 Å². The predicted molar refractivity (Wildman–Crippen MR) is 87.6 cm³/mol. The highest BCUT2D eigenvalue weighted by atomic mass is 32.2. The average molecular weight is 405 g/mol. The van der Waals surface area contributed by atoms with Gasteiger partial charge in [-0.05, 0) is 31.9 Å². The maximum absolute atomic E-state index is 12.9. The summed E-state index contributed by atoms with van der Waals surface area (Å²) in [7, 11) is -3.78. The molecule has 0 saturated carbocycles. The van der Waals surface area contributed by atoms with Crippen LogP contribution >= 0.6 is 0 Å². The van der Waals surface area contributed by atoms with Crippen LogP contribution in [0.2, 0.25) is 0 Å². The van der Waals surface area contributed by atoms with Gasteiger partial charge >= 0.3 is 12.1 Å². The molecule has 1 aliphatic rings. The largest absolute Gasteiger partial charge is 0.492 e. The van der Waals surface area contributed by atoms with E-state index >= 15 is 0 Å². The fraction of sp³-hybridized carbons (Fsp3) is 0.500. The van der Waals surface area contributed by atoms with Gasteiger partial charge in [0.25, 0.3) is 0 Å². The summed E-state index contributed by atoms with van der Waals surface area (Å²) in [5, 5.41) is 6.49. The average Bonchev–Trinajstić information content (AvgIpc) is 3.13. The number of rotatable bonds is 5. The summed E-state index contributed by atoms with van der Waals surface area (Å²) < 4.78 is 74.9. The van der Waals surface area contributed by atoms with Crippen molar-refractivity contribution >= 4 is 10.0 Å². The lowest BCUT2D eigenvalue weighted by Gasteiger charge is -2.30. The van der Waals surface area contributed by atoms with E-state index in [2.05, 4.69) is 10.2 Å². The first kappa shape index (κ1) is 19.6. The molecule has 27 heavy (non-hydrogen) atoms. The molecule has 1 saturated heterocycles. The molecule has 1 aromatic carbocycles. The zero-order chi connectivity index (χ0) is 19.7. The summed E-state index contributed by atoms with van der Waals surface area (Å²) >= 11 is 0. The van der Waals surface area contributed by atoms with Gasteiger partial charge in [-0.2, -0.15) is 17.5 Å². The van der Waals surface area contributed by atoms with Gasteiger partial charge in [-0.25, -0.2) is 8.42 Å². The zero-order valence-corrected chi connectivity index (χ0v) is 15.3. The minimum absolute atomic E-state index is 0.0717. The van der Waals surface area contributed by atoms with E-state index in [1.807, 2.05) is 0 Å². The maximum Gasteiger partial charge on any atom is 0.470 e. The Morgan fingerprint density at radius 1 is 1.22 bits per heavy atom. The molecule has 0 atom stereocenters. The molecule has 0 bridgehead atoms. The van der Waals surface area contributed by atoms with Gasteiger partial charge in [0.2, 0.25) is 15.9 Å². The second-order valence-electron chi connectivity index (χ2n) is 6.00. The van der Waals surface area contributed by atoms with Crippen LogP contribution in [0.15, 0.2) is 33.6 Å². The Hall–Kier alpha value is -2.14. The molecule has 0 spiro atoms. The molecule has 1 aliphatic heterocycles. The predicted octanol–water partition coefficient (Wildman–Crippen LogP) is 3.06. The normalized spacial score (nSPS) is 17.2. The lowest BCUT2D eigenvalue weighted by atomic mass is 9.98. The molecule has 0 aliphatic carbocycles. The minimum atomic E-state index is -4.70. The van der Waals surface area contributed by atoms with Crippen molar-refractivity contribution in [1.82, 2.24) is 14.5 Å². The van der Waals surface area contributed by atoms with Gasteiger partial charge in [0.1, 0.15) is 10.6 Å². The summed E-state index contributed by atoms with van der Waals surface area (Å²) in [5.74, 6) is -1.65. The Kier molecular flexibility index (Phi) is 5.43. The minimum Gasteiger partial charge on any atom is -0.492 e. The van der Waals surface area contributed by atoms with E-state index in [4.69, 9.17) is 9.15 Å². The van der Waals surface area contributed by atoms with Gasteiger partial charge in [-0.15, -0.1) is 10.2 Å². The van der Waals surface area contributed by atoms with Crippen molar-refractivity contribution in [3.8, 4) is 5.75 Å². The number of hydrogen-bond donors (Lipinski definition) is 0. The molecule has 2 heterocycles. The first-order chi connectivity index (χ1) is 12.7. The number of sulfonamides is 1. The van der Waals surface area contributed by atoms with Gasteiger partial charge in [-0.3, -0.25) is 0 Å². The van der Waals surface area contributed by atoms with Crippen LogP contribution in [0.25, 0.3) is 0 Å². The third-order valence-corrected chi connectivity index (χ3v) is 6.19. The molecule has 0 unspecified atom stereocenters. The maximum atomic E-state index is 12.9. The lowest BCUT2D eigenvalue weighted by molar-refractivity contribution is -0.157. The Labute approximate surface area is 154 Å². The van der Waals surface area contributed by atoms with Crippen molar-refractivity contribution in [2.24, 2.45) is 0 Å². The molecule has 0 N–H and O–H groups in total. The van der Waals surface area contributed by atoms with E-state index in [-0.39, 0.29) is 42.5 Å². The van der Waals surface area contributed by atoms with Crippen molar-refractivity contribution in [2.75, 3.05) is 19.7 Å². The van der Waals surface area contributed by atoms with Crippen molar-refractivity contribution in [1.29, 1.82) is 0 Å². The molecule has 0 amide bonds. The first-order valence-corrected chi connectivity index (χ1v) is 9.80. The summed E-state index contributed by atoms with van der Waals surface area (Å²) in [5.41, 5.74) is 0. The second-order valence-corrected chi connectivity index (χ2v) is 7.91. The van der Waals surface area contributed by atoms with E-state index < -0.39 is 28.0 Å². The van der Waals surface area contributed by atoms with Gasteiger partial charge in [-0.1, -0.05) is 12.1 Å². The van der Waals surface area contributed by atoms with Crippen molar-refractivity contribution in [3.63, 3.8) is 0 Å². The van der Waals surface area contributed by atoms with Crippen molar-refractivity contribution in [3.05, 3.63) is 36.0 Å². The van der Waals surface area contributed by atoms with E-state index in [0.29, 0.717) is 6.61 Å². The molecule has 7 nitrogen and oxygen atoms in total. The number of benzene rings is 1. The Balaban J connectivity index is 1.73. The number of hydrogen-bond acceptors (Lipinski definition) is 6. The van der Waals surface area contributed by atoms with E-state index in [1.54, 1.807) is 25.1 Å². The fourth-order valence-corrected chi connectivity index (χ4v) is 4.54. The topological polar surface area (TPSA) is 85.5 Å². The van der Waals surface area contributed by atoms with Crippen LogP contribution in [-0.2, 0) is 16.2 Å². The number of nitrogens with zero attached hydrogens (tertiary/aromatic N) is 3. The number of ether oxygens (including phenoxy) is 1. The van der Waals surface area contributed by atoms with E-state index in [1.165, 1.54) is 10.4 Å². The number of piperidine rings is 1. The smallest absolute Gasteiger partial charge is 0.470 e. The Morgan fingerprint density at radius 3 is 2.48 bits per heavy atom. The van der Waals surface area contributed by atoms with Crippen LogP contribution in [0.1, 0.15) is 37.5 Å². The number of halogens is 3. The molecule has 0 radical (unpaired) electrons. The summed E-state index contributed by atoms with van der Waals surface area (Å²) in [6.07, 6.45) is -4.12. The number of alkyl halides is 3. The zero-order valence-electron chi connectivity index (χ0n) is 14.4. The van der Waals surface area contributed by atoms with E-state index in [9.17, 15) is 21.6 Å². The highest BCUT2D eigenvalue weighted by molar-refractivity contribution is 7.89. The van der Waals surface area contributed by atoms with Gasteiger partial charge in [0, 0.05) is 19.0 Å². The van der Waals surface area contributed by atoms with Crippen LogP contribution < -0.4 is 4.74 Å². The monoisotopic (exact) mass is 405 g/mol. The lowest BCUT2D eigenvalue weighted by Crippen LogP contribution is -2.38. The second kappa shape index (κ2) is 7.47. The molecule has 3 rings (SSSR count). The molecule has 2 aromatic rings. The Bertz CT molecular complexity index is 890. The number of aromatic nitrogens is 2. The van der Waals surface area contributed by atoms with Gasteiger partial charge in [0.05, 0.1) is 6.61 Å². The molecule has 1 aromatic heterocycles. The third-order valence-electron chi connectivity index (χ3n) is 4.25. The highest BCUT2D eigenvalue weighted by Gasteiger charge is 2.40. The standard InChI is InChI=1S/C16H18F3N3O4S/c1-2-25-12-5-3-4-6-13(12)27(23,24)22-9-7-11(8-10-22)14-20-21-15(26-14)16(17,18)19/h3-6,11H,2,7-10H2,1H3. The molecule has 11 heteroatoms. The molecule has 148 valence electrons. The van der Waals surface area contributed by atoms with E-state index in [0.717, 1.165) is 0 Å². The van der Waals surface area contributed by atoms with Crippen LogP contribution in [0.3, 0.4) is 0 Å². The van der Waals surface area contributed by atoms with Crippen molar-refractivity contribution < 1.29 is 30.7 Å². The Morgan fingerprint density at radius 2 is 1.89 bits per heavy atom.